The summed E-state index contributed by atoms with van der Waals surface area (Å²) in [6.45, 7) is 1.45. The van der Waals surface area contributed by atoms with Crippen molar-refractivity contribution in [1.29, 1.82) is 0 Å². The quantitative estimate of drug-likeness (QED) is 0.730. The number of halogens is 1. The van der Waals surface area contributed by atoms with E-state index in [1.807, 2.05) is 42.5 Å². The van der Waals surface area contributed by atoms with Crippen LogP contribution in [-0.2, 0) is 4.79 Å². The second kappa shape index (κ2) is 5.50. The summed E-state index contributed by atoms with van der Waals surface area (Å²) >= 11 is 5.90. The van der Waals surface area contributed by atoms with Gasteiger partial charge >= 0.3 is 0 Å². The van der Waals surface area contributed by atoms with Gasteiger partial charge in [-0.25, -0.2) is 9.97 Å². The fraction of sp³-hybridized carbons (Fsp3) is 0.0625. The van der Waals surface area contributed by atoms with E-state index in [1.165, 1.54) is 6.92 Å². The Hall–Kier alpha value is -2.46. The molecule has 2 heterocycles. The fourth-order valence-electron chi connectivity index (χ4n) is 2.13. The van der Waals surface area contributed by atoms with Gasteiger partial charge in [0.15, 0.2) is 5.65 Å². The van der Waals surface area contributed by atoms with Crippen LogP contribution in [0.5, 0.6) is 0 Å². The van der Waals surface area contributed by atoms with E-state index < -0.39 is 0 Å². The lowest BCUT2D eigenvalue weighted by atomic mass is 10.1. The molecule has 3 aromatic rings. The number of hydrogen-bond acceptors (Lipinski definition) is 3. The number of carbonyl (C=O) groups excluding carboxylic acids is 1. The summed E-state index contributed by atoms with van der Waals surface area (Å²) < 4.78 is 0. The number of nitrogens with one attached hydrogen (secondary N) is 1. The Balaban J connectivity index is 2.25. The van der Waals surface area contributed by atoms with Crippen molar-refractivity contribution in [2.75, 3.05) is 5.32 Å². The minimum absolute atomic E-state index is 0.180. The summed E-state index contributed by atoms with van der Waals surface area (Å²) in [5.74, 6) is 0.303. The zero-order chi connectivity index (χ0) is 14.8. The van der Waals surface area contributed by atoms with Crippen molar-refractivity contribution in [3.63, 3.8) is 0 Å². The predicted molar refractivity (Wildman–Crippen MR) is 84.3 cm³/mol. The van der Waals surface area contributed by atoms with Crippen molar-refractivity contribution in [2.24, 2.45) is 0 Å². The highest BCUT2D eigenvalue weighted by Crippen LogP contribution is 2.29. The summed E-state index contributed by atoms with van der Waals surface area (Å²) in [5.41, 5.74) is 2.33. The third-order valence-corrected chi connectivity index (χ3v) is 3.23. The largest absolute Gasteiger partial charge is 0.310 e. The molecule has 0 aliphatic rings. The van der Waals surface area contributed by atoms with E-state index in [-0.39, 0.29) is 5.91 Å². The summed E-state index contributed by atoms with van der Waals surface area (Å²) in [4.78, 5) is 20.0. The molecule has 21 heavy (non-hydrogen) atoms. The van der Waals surface area contributed by atoms with Crippen LogP contribution in [0.15, 0.2) is 48.5 Å². The molecule has 104 valence electrons. The Kier molecular flexibility index (Phi) is 3.54. The first kappa shape index (κ1) is 13.5. The first-order valence-electron chi connectivity index (χ1n) is 6.44. The molecular formula is C16H12ClN3O. The van der Waals surface area contributed by atoms with E-state index in [0.29, 0.717) is 16.6 Å². The van der Waals surface area contributed by atoms with Gasteiger partial charge in [0, 0.05) is 17.9 Å². The Morgan fingerprint density at radius 1 is 1.10 bits per heavy atom. The van der Waals surface area contributed by atoms with Gasteiger partial charge in [-0.1, -0.05) is 41.9 Å². The van der Waals surface area contributed by atoms with Gasteiger partial charge in [0.1, 0.15) is 11.0 Å². The zero-order valence-electron chi connectivity index (χ0n) is 11.3. The van der Waals surface area contributed by atoms with Crippen LogP contribution in [-0.4, -0.2) is 15.9 Å². The summed E-state index contributed by atoms with van der Waals surface area (Å²) in [7, 11) is 0. The summed E-state index contributed by atoms with van der Waals surface area (Å²) in [6.07, 6.45) is 0. The number of anilines is 1. The summed E-state index contributed by atoms with van der Waals surface area (Å²) in [6, 6.07) is 15.3. The Morgan fingerprint density at radius 3 is 2.57 bits per heavy atom. The van der Waals surface area contributed by atoms with E-state index >= 15 is 0 Å². The zero-order valence-corrected chi connectivity index (χ0v) is 12.1. The number of amides is 1. The van der Waals surface area contributed by atoms with Crippen molar-refractivity contribution >= 4 is 34.4 Å². The molecule has 0 radical (unpaired) electrons. The van der Waals surface area contributed by atoms with E-state index in [4.69, 9.17) is 11.6 Å². The monoisotopic (exact) mass is 297 g/mol. The topological polar surface area (TPSA) is 54.9 Å². The number of aromatic nitrogens is 2. The Labute approximate surface area is 126 Å². The predicted octanol–water partition coefficient (Wildman–Crippen LogP) is 3.91. The molecule has 1 amide bonds. The van der Waals surface area contributed by atoms with Crippen molar-refractivity contribution in [3.05, 3.63) is 53.7 Å². The molecule has 0 saturated carbocycles. The van der Waals surface area contributed by atoms with Crippen molar-refractivity contribution in [3.8, 4) is 11.1 Å². The number of benzene rings is 1. The highest BCUT2D eigenvalue weighted by atomic mass is 35.5. The molecular weight excluding hydrogens is 286 g/mol. The van der Waals surface area contributed by atoms with Crippen LogP contribution in [0, 0.1) is 0 Å². The lowest BCUT2D eigenvalue weighted by molar-refractivity contribution is -0.114. The first-order chi connectivity index (χ1) is 10.1. The first-order valence-corrected chi connectivity index (χ1v) is 6.81. The Bertz CT molecular complexity index is 818. The normalized spacial score (nSPS) is 10.6. The number of hydrogen-bond donors (Lipinski definition) is 1. The van der Waals surface area contributed by atoms with Crippen LogP contribution in [0.3, 0.4) is 0 Å². The van der Waals surface area contributed by atoms with Gasteiger partial charge in [-0.3, -0.25) is 4.79 Å². The Morgan fingerprint density at radius 2 is 1.86 bits per heavy atom. The number of carbonyl (C=O) groups is 1. The smallest absolute Gasteiger partial charge is 0.222 e. The lowest BCUT2D eigenvalue weighted by Gasteiger charge is -2.11. The van der Waals surface area contributed by atoms with Crippen LogP contribution in [0.25, 0.3) is 22.2 Å². The maximum absolute atomic E-state index is 11.4. The molecule has 1 N–H and O–H groups in total. The average molecular weight is 298 g/mol. The molecule has 2 aromatic heterocycles. The van der Waals surface area contributed by atoms with E-state index in [2.05, 4.69) is 15.3 Å². The molecule has 0 aliphatic heterocycles. The van der Waals surface area contributed by atoms with Crippen molar-refractivity contribution in [1.82, 2.24) is 9.97 Å². The van der Waals surface area contributed by atoms with Gasteiger partial charge in [0.2, 0.25) is 5.91 Å². The molecule has 0 spiro atoms. The highest BCUT2D eigenvalue weighted by Gasteiger charge is 2.11. The number of nitrogens with zero attached hydrogens (tertiary/aromatic N) is 2. The SMILES string of the molecule is CC(=O)Nc1nc2nc(Cl)ccc2cc1-c1ccccc1. The minimum Gasteiger partial charge on any atom is -0.310 e. The minimum atomic E-state index is -0.180. The molecule has 0 unspecified atom stereocenters. The van der Waals surface area contributed by atoms with E-state index in [0.717, 1.165) is 16.5 Å². The molecule has 1 aromatic carbocycles. The van der Waals surface area contributed by atoms with Gasteiger partial charge in [-0.15, -0.1) is 0 Å². The van der Waals surface area contributed by atoms with Gasteiger partial charge < -0.3 is 5.32 Å². The van der Waals surface area contributed by atoms with Crippen LogP contribution in [0.1, 0.15) is 6.92 Å². The van der Waals surface area contributed by atoms with E-state index in [9.17, 15) is 4.79 Å². The maximum Gasteiger partial charge on any atom is 0.222 e. The summed E-state index contributed by atoms with van der Waals surface area (Å²) in [5, 5.41) is 3.99. The standard InChI is InChI=1S/C16H12ClN3O/c1-10(21)18-16-13(11-5-3-2-4-6-11)9-12-7-8-14(17)19-15(12)20-16/h2-9H,1H3,(H,18,19,20,21). The molecule has 3 rings (SSSR count). The number of rotatable bonds is 2. The van der Waals surface area contributed by atoms with Crippen LogP contribution < -0.4 is 5.32 Å². The number of fused-ring (bicyclic) bond motifs is 1. The van der Waals surface area contributed by atoms with E-state index in [1.54, 1.807) is 6.07 Å². The van der Waals surface area contributed by atoms with Gasteiger partial charge in [-0.2, -0.15) is 0 Å². The molecule has 0 saturated heterocycles. The second-order valence-electron chi connectivity index (χ2n) is 4.61. The third-order valence-electron chi connectivity index (χ3n) is 3.02. The lowest BCUT2D eigenvalue weighted by Crippen LogP contribution is -2.09. The average Bonchev–Trinajstić information content (AvgIpc) is 2.47. The van der Waals surface area contributed by atoms with Crippen LogP contribution in [0.2, 0.25) is 5.15 Å². The van der Waals surface area contributed by atoms with Gasteiger partial charge in [0.25, 0.3) is 0 Å². The number of pyridine rings is 2. The second-order valence-corrected chi connectivity index (χ2v) is 5.00. The van der Waals surface area contributed by atoms with Gasteiger partial charge in [0.05, 0.1) is 0 Å². The van der Waals surface area contributed by atoms with Crippen molar-refractivity contribution < 1.29 is 4.79 Å². The van der Waals surface area contributed by atoms with Gasteiger partial charge in [-0.05, 0) is 23.8 Å². The van der Waals surface area contributed by atoms with Crippen molar-refractivity contribution in [2.45, 2.75) is 6.92 Å². The molecule has 0 bridgehead atoms. The molecule has 0 aliphatic carbocycles. The highest BCUT2D eigenvalue weighted by molar-refractivity contribution is 6.29. The van der Waals surface area contributed by atoms with Crippen LogP contribution >= 0.6 is 11.6 Å². The van der Waals surface area contributed by atoms with Crippen LogP contribution in [0.4, 0.5) is 5.82 Å². The third kappa shape index (κ3) is 2.85. The molecule has 5 heteroatoms. The molecule has 4 nitrogen and oxygen atoms in total. The maximum atomic E-state index is 11.4. The molecule has 0 atom stereocenters. The fourth-order valence-corrected chi connectivity index (χ4v) is 2.27. The molecule has 0 fully saturated rings.